The van der Waals surface area contributed by atoms with E-state index in [0.717, 1.165) is 42.1 Å². The molecule has 0 bridgehead atoms. The van der Waals surface area contributed by atoms with Gasteiger partial charge < -0.3 is 9.47 Å². The van der Waals surface area contributed by atoms with Crippen molar-refractivity contribution >= 4 is 11.3 Å². The smallest absolute Gasteiger partial charge is 0.227 e. The molecule has 0 spiro atoms. The van der Waals surface area contributed by atoms with Crippen molar-refractivity contribution in [1.29, 1.82) is 0 Å². The number of benzene rings is 1. The van der Waals surface area contributed by atoms with Crippen molar-refractivity contribution in [2.75, 3.05) is 13.1 Å². The first-order valence-electron chi connectivity index (χ1n) is 8.92. The van der Waals surface area contributed by atoms with Gasteiger partial charge in [0.1, 0.15) is 11.6 Å². The van der Waals surface area contributed by atoms with E-state index in [0.29, 0.717) is 18.4 Å². The Hall–Kier alpha value is -1.43. The van der Waals surface area contributed by atoms with E-state index < -0.39 is 6.29 Å². The third-order valence-corrected chi connectivity index (χ3v) is 5.68. The summed E-state index contributed by atoms with van der Waals surface area (Å²) in [6.45, 7) is 7.81. The Morgan fingerprint density at radius 1 is 1.24 bits per heavy atom. The average molecular weight is 361 g/mol. The van der Waals surface area contributed by atoms with E-state index in [4.69, 9.17) is 9.47 Å². The standard InChI is InChI=1S/C20H24FNO2S/c1-13-5-14(2)9-22(8-13)10-16-6-18(21)7-17-11-23-20(24-19(16)17)15-3-4-25-12-15/h3-4,6-7,12-14,20H,5,8-11H2,1-2H3/t13-,14+,20-/m1/s1. The largest absolute Gasteiger partial charge is 0.460 e. The predicted octanol–water partition coefficient (Wildman–Crippen LogP) is 4.97. The van der Waals surface area contributed by atoms with Crippen LogP contribution < -0.4 is 4.74 Å². The van der Waals surface area contributed by atoms with Gasteiger partial charge in [-0.05, 0) is 41.8 Å². The lowest BCUT2D eigenvalue weighted by molar-refractivity contribution is -0.112. The minimum absolute atomic E-state index is 0.215. The number of ether oxygens (including phenoxy) is 2. The van der Waals surface area contributed by atoms with E-state index in [1.807, 2.05) is 16.8 Å². The highest BCUT2D eigenvalue weighted by Gasteiger charge is 2.28. The molecule has 25 heavy (non-hydrogen) atoms. The van der Waals surface area contributed by atoms with E-state index in [9.17, 15) is 4.39 Å². The lowest BCUT2D eigenvalue weighted by atomic mass is 9.91. The molecule has 0 amide bonds. The molecule has 134 valence electrons. The first kappa shape index (κ1) is 17.0. The number of piperidine rings is 1. The first-order chi connectivity index (χ1) is 12.1. The van der Waals surface area contributed by atoms with Gasteiger partial charge >= 0.3 is 0 Å². The fraction of sp³-hybridized carbons (Fsp3) is 0.500. The maximum Gasteiger partial charge on any atom is 0.227 e. The Morgan fingerprint density at radius 2 is 2.04 bits per heavy atom. The number of thiophene rings is 1. The van der Waals surface area contributed by atoms with Gasteiger partial charge in [-0.1, -0.05) is 13.8 Å². The summed E-state index contributed by atoms with van der Waals surface area (Å²) in [5.74, 6) is 1.94. The Balaban J connectivity index is 1.59. The van der Waals surface area contributed by atoms with E-state index in [2.05, 4.69) is 18.7 Å². The third-order valence-electron chi connectivity index (χ3n) is 4.98. The maximum absolute atomic E-state index is 14.1. The molecule has 1 saturated heterocycles. The maximum atomic E-state index is 14.1. The van der Waals surface area contributed by atoms with Gasteiger partial charge in [0, 0.05) is 41.7 Å². The molecule has 2 aliphatic rings. The van der Waals surface area contributed by atoms with Crippen molar-refractivity contribution in [2.45, 2.75) is 39.7 Å². The van der Waals surface area contributed by atoms with Crippen LogP contribution in [-0.4, -0.2) is 18.0 Å². The van der Waals surface area contributed by atoms with E-state index in [1.54, 1.807) is 17.4 Å². The number of hydrogen-bond donors (Lipinski definition) is 0. The average Bonchev–Trinajstić information content (AvgIpc) is 3.08. The molecule has 0 aliphatic carbocycles. The van der Waals surface area contributed by atoms with Crippen molar-refractivity contribution in [3.8, 4) is 5.75 Å². The number of rotatable bonds is 3. The van der Waals surface area contributed by atoms with Crippen LogP contribution in [0.25, 0.3) is 0 Å². The van der Waals surface area contributed by atoms with Crippen LogP contribution in [0.2, 0.25) is 0 Å². The number of fused-ring (bicyclic) bond motifs is 1. The summed E-state index contributed by atoms with van der Waals surface area (Å²) < 4.78 is 26.0. The van der Waals surface area contributed by atoms with Crippen molar-refractivity contribution in [1.82, 2.24) is 4.90 Å². The van der Waals surface area contributed by atoms with E-state index in [1.165, 1.54) is 12.5 Å². The molecule has 5 heteroatoms. The van der Waals surface area contributed by atoms with Crippen LogP contribution in [0.1, 0.15) is 43.2 Å². The predicted molar refractivity (Wildman–Crippen MR) is 97.1 cm³/mol. The monoisotopic (exact) mass is 361 g/mol. The number of hydrogen-bond acceptors (Lipinski definition) is 4. The first-order valence-corrected chi connectivity index (χ1v) is 9.86. The van der Waals surface area contributed by atoms with Gasteiger partial charge in [0.15, 0.2) is 0 Å². The highest BCUT2D eigenvalue weighted by molar-refractivity contribution is 7.07. The summed E-state index contributed by atoms with van der Waals surface area (Å²) in [5, 5.41) is 4.05. The molecule has 0 radical (unpaired) electrons. The van der Waals surface area contributed by atoms with Crippen LogP contribution in [0.5, 0.6) is 5.75 Å². The Kier molecular flexibility index (Phi) is 4.80. The molecular formula is C20H24FNO2S. The topological polar surface area (TPSA) is 21.7 Å². The normalized spacial score (nSPS) is 26.9. The van der Waals surface area contributed by atoms with Crippen LogP contribution in [0.3, 0.4) is 0 Å². The quantitative estimate of drug-likeness (QED) is 0.770. The van der Waals surface area contributed by atoms with Crippen molar-refractivity contribution in [3.05, 3.63) is 51.5 Å². The highest BCUT2D eigenvalue weighted by Crippen LogP contribution is 2.38. The second kappa shape index (κ2) is 7.06. The van der Waals surface area contributed by atoms with Gasteiger partial charge in [-0.2, -0.15) is 11.3 Å². The van der Waals surface area contributed by atoms with Gasteiger partial charge in [-0.15, -0.1) is 0 Å². The molecule has 2 aromatic rings. The summed E-state index contributed by atoms with van der Waals surface area (Å²) in [4.78, 5) is 2.42. The van der Waals surface area contributed by atoms with Crippen LogP contribution in [0.4, 0.5) is 4.39 Å². The van der Waals surface area contributed by atoms with Crippen LogP contribution >= 0.6 is 11.3 Å². The second-order valence-electron chi connectivity index (χ2n) is 7.51. The Labute approximate surface area is 152 Å². The molecule has 3 atom stereocenters. The lowest BCUT2D eigenvalue weighted by Gasteiger charge is -2.36. The number of nitrogens with zero attached hydrogens (tertiary/aromatic N) is 1. The van der Waals surface area contributed by atoms with Gasteiger partial charge in [-0.3, -0.25) is 4.90 Å². The molecule has 3 heterocycles. The summed E-state index contributed by atoms with van der Waals surface area (Å²) in [7, 11) is 0. The molecule has 1 aromatic heterocycles. The molecule has 0 unspecified atom stereocenters. The SMILES string of the molecule is C[C@@H]1C[C@H](C)CN(Cc2cc(F)cc3c2O[C@H](c2ccsc2)OC3)C1. The van der Waals surface area contributed by atoms with Crippen LogP contribution in [0, 0.1) is 17.7 Å². The van der Waals surface area contributed by atoms with Crippen LogP contribution in [0.15, 0.2) is 29.0 Å². The summed E-state index contributed by atoms with van der Waals surface area (Å²) in [6, 6.07) is 5.17. The molecule has 4 rings (SSSR count). The van der Waals surface area contributed by atoms with E-state index >= 15 is 0 Å². The second-order valence-corrected chi connectivity index (χ2v) is 8.29. The van der Waals surface area contributed by atoms with Crippen molar-refractivity contribution < 1.29 is 13.9 Å². The zero-order chi connectivity index (χ0) is 17.4. The fourth-order valence-corrected chi connectivity index (χ4v) is 4.79. The molecule has 1 fully saturated rings. The van der Waals surface area contributed by atoms with Crippen molar-refractivity contribution in [2.24, 2.45) is 11.8 Å². The van der Waals surface area contributed by atoms with Gasteiger partial charge in [0.25, 0.3) is 0 Å². The Morgan fingerprint density at radius 3 is 2.76 bits per heavy atom. The molecule has 1 aromatic carbocycles. The van der Waals surface area contributed by atoms with Gasteiger partial charge in [0.2, 0.25) is 6.29 Å². The minimum Gasteiger partial charge on any atom is -0.460 e. The molecular weight excluding hydrogens is 337 g/mol. The summed E-state index contributed by atoms with van der Waals surface area (Å²) in [6.07, 6.45) is 0.865. The number of halogens is 1. The number of likely N-dealkylation sites (tertiary alicyclic amines) is 1. The highest BCUT2D eigenvalue weighted by atomic mass is 32.1. The third kappa shape index (κ3) is 3.73. The van der Waals surface area contributed by atoms with Crippen molar-refractivity contribution in [3.63, 3.8) is 0 Å². The van der Waals surface area contributed by atoms with Crippen LogP contribution in [-0.2, 0) is 17.9 Å². The Bertz CT molecular complexity index is 724. The molecule has 2 aliphatic heterocycles. The van der Waals surface area contributed by atoms with E-state index in [-0.39, 0.29) is 5.82 Å². The summed E-state index contributed by atoms with van der Waals surface area (Å²) in [5.41, 5.74) is 2.76. The fourth-order valence-electron chi connectivity index (χ4n) is 4.13. The minimum atomic E-state index is -0.401. The molecule has 0 N–H and O–H groups in total. The summed E-state index contributed by atoms with van der Waals surface area (Å²) >= 11 is 1.62. The van der Waals surface area contributed by atoms with Gasteiger partial charge in [-0.25, -0.2) is 4.39 Å². The molecule has 0 saturated carbocycles. The van der Waals surface area contributed by atoms with Gasteiger partial charge in [0.05, 0.1) is 6.61 Å². The zero-order valence-electron chi connectivity index (χ0n) is 14.7. The lowest BCUT2D eigenvalue weighted by Crippen LogP contribution is -2.38. The zero-order valence-corrected chi connectivity index (χ0v) is 15.5. The molecule has 3 nitrogen and oxygen atoms in total.